The average Bonchev–Trinajstić information content (AvgIpc) is 3.21. The number of rotatable bonds is 7. The molecule has 0 N–H and O–H groups in total. The standard InChI is InChI=1S/C24H29N3O3S/c1-17-15-18(2)22-21(16-17)31-24(25-22)27(10-4-9-26-11-13-30-14-12-26)23(28)19-5-7-20(29-3)8-6-19/h5-8,15-16H,4,9-14H2,1-3H3. The minimum absolute atomic E-state index is 0.0296. The van der Waals surface area contributed by atoms with E-state index in [-0.39, 0.29) is 5.91 Å². The van der Waals surface area contributed by atoms with Crippen LogP contribution in [0.2, 0.25) is 0 Å². The van der Waals surface area contributed by atoms with Crippen LogP contribution in [0.4, 0.5) is 5.13 Å². The number of benzene rings is 2. The first kappa shape index (κ1) is 21.7. The number of hydrogen-bond donors (Lipinski definition) is 0. The van der Waals surface area contributed by atoms with Gasteiger partial charge in [0.2, 0.25) is 0 Å². The van der Waals surface area contributed by atoms with Crippen molar-refractivity contribution in [2.45, 2.75) is 20.3 Å². The molecule has 4 rings (SSSR count). The van der Waals surface area contributed by atoms with Gasteiger partial charge in [-0.1, -0.05) is 17.4 Å². The highest BCUT2D eigenvalue weighted by Gasteiger charge is 2.22. The number of amides is 1. The Morgan fingerprint density at radius 3 is 2.65 bits per heavy atom. The smallest absolute Gasteiger partial charge is 0.260 e. The normalized spacial score (nSPS) is 14.7. The minimum atomic E-state index is -0.0296. The molecule has 31 heavy (non-hydrogen) atoms. The van der Waals surface area contributed by atoms with E-state index < -0.39 is 0 Å². The molecule has 0 aliphatic carbocycles. The maximum atomic E-state index is 13.5. The summed E-state index contributed by atoms with van der Waals surface area (Å²) >= 11 is 1.59. The zero-order valence-corrected chi connectivity index (χ0v) is 19.2. The predicted octanol–water partition coefficient (Wildman–Crippen LogP) is 4.29. The zero-order valence-electron chi connectivity index (χ0n) is 18.4. The van der Waals surface area contributed by atoms with Crippen molar-refractivity contribution < 1.29 is 14.3 Å². The number of hydrogen-bond acceptors (Lipinski definition) is 6. The van der Waals surface area contributed by atoms with Gasteiger partial charge in [-0.2, -0.15) is 0 Å². The number of aromatic nitrogens is 1. The Bertz CT molecular complexity index is 1040. The van der Waals surface area contributed by atoms with Gasteiger partial charge in [0, 0.05) is 31.7 Å². The Kier molecular flexibility index (Phi) is 6.85. The maximum absolute atomic E-state index is 13.5. The highest BCUT2D eigenvalue weighted by atomic mass is 32.1. The zero-order chi connectivity index (χ0) is 21.8. The molecule has 0 radical (unpaired) electrons. The Morgan fingerprint density at radius 1 is 1.19 bits per heavy atom. The lowest BCUT2D eigenvalue weighted by atomic mass is 10.1. The summed E-state index contributed by atoms with van der Waals surface area (Å²) in [6.07, 6.45) is 0.885. The summed E-state index contributed by atoms with van der Waals surface area (Å²) in [5.74, 6) is 0.708. The van der Waals surface area contributed by atoms with Crippen LogP contribution in [0.3, 0.4) is 0 Å². The fourth-order valence-corrected chi connectivity index (χ4v) is 5.09. The Labute approximate surface area is 187 Å². The second-order valence-electron chi connectivity index (χ2n) is 7.92. The van der Waals surface area contributed by atoms with Gasteiger partial charge in [-0.25, -0.2) is 4.98 Å². The van der Waals surface area contributed by atoms with Gasteiger partial charge in [-0.3, -0.25) is 14.6 Å². The van der Waals surface area contributed by atoms with Gasteiger partial charge in [0.1, 0.15) is 5.75 Å². The lowest BCUT2D eigenvalue weighted by Gasteiger charge is -2.27. The quantitative estimate of drug-likeness (QED) is 0.550. The molecule has 7 heteroatoms. The summed E-state index contributed by atoms with van der Waals surface area (Å²) in [7, 11) is 1.63. The van der Waals surface area contributed by atoms with Crippen LogP contribution in [-0.4, -0.2) is 62.3 Å². The molecule has 2 aromatic carbocycles. The van der Waals surface area contributed by atoms with Crippen LogP contribution in [0.5, 0.6) is 5.75 Å². The van der Waals surface area contributed by atoms with E-state index in [1.165, 1.54) is 5.56 Å². The molecule has 0 saturated carbocycles. The van der Waals surface area contributed by atoms with Crippen molar-refractivity contribution in [2.24, 2.45) is 0 Å². The third kappa shape index (κ3) is 5.06. The maximum Gasteiger partial charge on any atom is 0.260 e. The SMILES string of the molecule is COc1ccc(C(=O)N(CCCN2CCOCC2)c2nc3c(C)cc(C)cc3s2)cc1. The molecule has 1 aliphatic rings. The van der Waals surface area contributed by atoms with Crippen molar-refractivity contribution in [3.05, 3.63) is 53.1 Å². The topological polar surface area (TPSA) is 54.9 Å². The number of aryl methyl sites for hydroxylation is 2. The number of carbonyl (C=O) groups is 1. The van der Waals surface area contributed by atoms with E-state index in [0.717, 1.165) is 65.9 Å². The molecule has 6 nitrogen and oxygen atoms in total. The third-order valence-electron chi connectivity index (χ3n) is 5.59. The lowest BCUT2D eigenvalue weighted by molar-refractivity contribution is 0.0376. The predicted molar refractivity (Wildman–Crippen MR) is 126 cm³/mol. The lowest BCUT2D eigenvalue weighted by Crippen LogP contribution is -2.39. The fourth-order valence-electron chi connectivity index (χ4n) is 3.93. The van der Waals surface area contributed by atoms with Crippen molar-refractivity contribution in [1.82, 2.24) is 9.88 Å². The molecule has 1 aliphatic heterocycles. The van der Waals surface area contributed by atoms with E-state index in [1.807, 2.05) is 29.2 Å². The second kappa shape index (κ2) is 9.77. The average molecular weight is 440 g/mol. The van der Waals surface area contributed by atoms with E-state index >= 15 is 0 Å². The van der Waals surface area contributed by atoms with Crippen molar-refractivity contribution in [1.29, 1.82) is 0 Å². The molecular weight excluding hydrogens is 410 g/mol. The Hall–Kier alpha value is -2.48. The Morgan fingerprint density at radius 2 is 1.94 bits per heavy atom. The van der Waals surface area contributed by atoms with Crippen LogP contribution >= 0.6 is 11.3 Å². The Balaban J connectivity index is 1.59. The summed E-state index contributed by atoms with van der Waals surface area (Å²) in [6.45, 7) is 9.20. The van der Waals surface area contributed by atoms with Crippen LogP contribution in [0.15, 0.2) is 36.4 Å². The molecule has 0 spiro atoms. The van der Waals surface area contributed by atoms with Crippen LogP contribution in [0, 0.1) is 13.8 Å². The number of carbonyl (C=O) groups excluding carboxylic acids is 1. The first-order valence-corrected chi connectivity index (χ1v) is 11.5. The summed E-state index contributed by atoms with van der Waals surface area (Å²) < 4.78 is 11.8. The molecule has 2 heterocycles. The largest absolute Gasteiger partial charge is 0.497 e. The number of thiazole rings is 1. The van der Waals surface area contributed by atoms with Crippen molar-refractivity contribution in [3.8, 4) is 5.75 Å². The molecule has 1 aromatic heterocycles. The highest BCUT2D eigenvalue weighted by Crippen LogP contribution is 2.32. The third-order valence-corrected chi connectivity index (χ3v) is 6.62. The van der Waals surface area contributed by atoms with Crippen LogP contribution in [-0.2, 0) is 4.74 Å². The molecule has 1 amide bonds. The van der Waals surface area contributed by atoms with E-state index in [2.05, 4.69) is 30.9 Å². The molecule has 1 saturated heterocycles. The highest BCUT2D eigenvalue weighted by molar-refractivity contribution is 7.22. The number of nitrogens with zero attached hydrogens (tertiary/aromatic N) is 3. The molecule has 0 bridgehead atoms. The van der Waals surface area contributed by atoms with Crippen molar-refractivity contribution in [3.63, 3.8) is 0 Å². The minimum Gasteiger partial charge on any atom is -0.497 e. The molecular formula is C24H29N3O3S. The molecule has 1 fully saturated rings. The van der Waals surface area contributed by atoms with Gasteiger partial charge in [-0.05, 0) is 61.7 Å². The fraction of sp³-hybridized carbons (Fsp3) is 0.417. The van der Waals surface area contributed by atoms with E-state index in [0.29, 0.717) is 12.1 Å². The summed E-state index contributed by atoms with van der Waals surface area (Å²) in [5.41, 5.74) is 3.97. The summed E-state index contributed by atoms with van der Waals surface area (Å²) in [6, 6.07) is 11.6. The number of ether oxygens (including phenoxy) is 2. The van der Waals surface area contributed by atoms with Gasteiger partial charge >= 0.3 is 0 Å². The number of fused-ring (bicyclic) bond motifs is 1. The monoisotopic (exact) mass is 439 g/mol. The summed E-state index contributed by atoms with van der Waals surface area (Å²) in [4.78, 5) is 22.6. The second-order valence-corrected chi connectivity index (χ2v) is 8.93. The van der Waals surface area contributed by atoms with Gasteiger partial charge in [0.05, 0.1) is 30.5 Å². The van der Waals surface area contributed by atoms with Gasteiger partial charge in [0.15, 0.2) is 5.13 Å². The van der Waals surface area contributed by atoms with E-state index in [9.17, 15) is 4.79 Å². The van der Waals surface area contributed by atoms with E-state index in [4.69, 9.17) is 14.5 Å². The molecule has 0 unspecified atom stereocenters. The van der Waals surface area contributed by atoms with Gasteiger partial charge in [-0.15, -0.1) is 0 Å². The van der Waals surface area contributed by atoms with Crippen molar-refractivity contribution >= 4 is 32.6 Å². The molecule has 0 atom stereocenters. The van der Waals surface area contributed by atoms with Gasteiger partial charge in [0.25, 0.3) is 5.91 Å². The van der Waals surface area contributed by atoms with Crippen LogP contribution in [0.1, 0.15) is 27.9 Å². The van der Waals surface area contributed by atoms with Crippen LogP contribution in [0.25, 0.3) is 10.2 Å². The van der Waals surface area contributed by atoms with Crippen LogP contribution < -0.4 is 9.64 Å². The molecule has 3 aromatic rings. The summed E-state index contributed by atoms with van der Waals surface area (Å²) in [5, 5.41) is 0.756. The first-order chi connectivity index (χ1) is 15.0. The van der Waals surface area contributed by atoms with E-state index in [1.54, 1.807) is 18.4 Å². The number of anilines is 1. The number of methoxy groups -OCH3 is 1. The molecule has 164 valence electrons. The number of morpholine rings is 1. The van der Waals surface area contributed by atoms with Gasteiger partial charge < -0.3 is 9.47 Å². The van der Waals surface area contributed by atoms with Crippen molar-refractivity contribution in [2.75, 3.05) is 51.4 Å². The first-order valence-electron chi connectivity index (χ1n) is 10.7.